The fourth-order valence-corrected chi connectivity index (χ4v) is 2.05. The van der Waals surface area contributed by atoms with Crippen molar-refractivity contribution in [3.63, 3.8) is 0 Å². The molecule has 0 aliphatic carbocycles. The van der Waals surface area contributed by atoms with E-state index in [1.54, 1.807) is 19.1 Å². The highest BCUT2D eigenvalue weighted by molar-refractivity contribution is 9.10. The quantitative estimate of drug-likeness (QED) is 0.583. The Hall–Kier alpha value is -2.02. The Morgan fingerprint density at radius 1 is 1.37 bits per heavy atom. The Labute approximate surface area is 117 Å². The average Bonchev–Trinajstić information content (AvgIpc) is 2.64. The highest BCUT2D eigenvalue weighted by Gasteiger charge is 2.23. The highest BCUT2D eigenvalue weighted by atomic mass is 79.9. The first-order valence-electron chi connectivity index (χ1n) is 5.50. The molecular formula is C12H11BrN2O4. The standard InChI is InChI=1S/C12H11BrN2O4/c1-2-19-9-5-6(3-7(13)10(9)16)4-8-11(17)15-12(18)14-8/h3-5,16H,2H2,1H3,(H2,14,15,17,18)/b8-4+. The predicted octanol–water partition coefficient (Wildman–Crippen LogP) is 1.73. The SMILES string of the molecule is CCOc1cc(/C=C2/NC(=O)NC2=O)cc(Br)c1O. The summed E-state index contributed by atoms with van der Waals surface area (Å²) in [5, 5.41) is 14.3. The second-order valence-corrected chi connectivity index (χ2v) is 4.60. The lowest BCUT2D eigenvalue weighted by Crippen LogP contribution is -2.22. The van der Waals surface area contributed by atoms with Gasteiger partial charge in [0.15, 0.2) is 11.5 Å². The van der Waals surface area contributed by atoms with Gasteiger partial charge >= 0.3 is 6.03 Å². The van der Waals surface area contributed by atoms with Crippen molar-refractivity contribution in [2.24, 2.45) is 0 Å². The molecule has 1 heterocycles. The van der Waals surface area contributed by atoms with Gasteiger partial charge < -0.3 is 15.2 Å². The topological polar surface area (TPSA) is 87.7 Å². The van der Waals surface area contributed by atoms with Crippen LogP contribution in [-0.2, 0) is 4.79 Å². The first-order chi connectivity index (χ1) is 9.01. The Morgan fingerprint density at radius 3 is 2.68 bits per heavy atom. The van der Waals surface area contributed by atoms with Gasteiger partial charge in [0.05, 0.1) is 11.1 Å². The van der Waals surface area contributed by atoms with Crippen molar-refractivity contribution in [3.8, 4) is 11.5 Å². The molecule has 1 saturated heterocycles. The molecule has 7 heteroatoms. The number of hydrogen-bond donors (Lipinski definition) is 3. The molecule has 0 radical (unpaired) electrons. The third-order valence-corrected chi connectivity index (χ3v) is 2.99. The van der Waals surface area contributed by atoms with Gasteiger partial charge in [-0.15, -0.1) is 0 Å². The Balaban J connectivity index is 2.38. The van der Waals surface area contributed by atoms with Crippen molar-refractivity contribution >= 4 is 33.9 Å². The summed E-state index contributed by atoms with van der Waals surface area (Å²) in [6.45, 7) is 2.19. The lowest BCUT2D eigenvalue weighted by atomic mass is 10.1. The second kappa shape index (κ2) is 5.31. The van der Waals surface area contributed by atoms with Crippen LogP contribution in [0.15, 0.2) is 22.3 Å². The number of phenolic OH excluding ortho intramolecular Hbond substituents is 1. The first-order valence-corrected chi connectivity index (χ1v) is 6.30. The molecule has 19 heavy (non-hydrogen) atoms. The molecule has 0 spiro atoms. The van der Waals surface area contributed by atoms with Gasteiger partial charge in [0.2, 0.25) is 0 Å². The number of carbonyl (C=O) groups excluding carboxylic acids is 2. The van der Waals surface area contributed by atoms with Gasteiger partial charge in [-0.25, -0.2) is 4.79 Å². The minimum absolute atomic E-state index is 0.0103. The normalized spacial score (nSPS) is 16.4. The summed E-state index contributed by atoms with van der Waals surface area (Å²) in [6, 6.07) is 2.64. The summed E-state index contributed by atoms with van der Waals surface area (Å²) in [7, 11) is 0. The van der Waals surface area contributed by atoms with E-state index in [9.17, 15) is 14.7 Å². The summed E-state index contributed by atoms with van der Waals surface area (Å²) in [6.07, 6.45) is 1.49. The molecule has 0 bridgehead atoms. The number of rotatable bonds is 3. The molecule has 1 aromatic carbocycles. The molecule has 0 unspecified atom stereocenters. The van der Waals surface area contributed by atoms with Crippen LogP contribution < -0.4 is 15.4 Å². The summed E-state index contributed by atoms with van der Waals surface area (Å²) in [5.74, 6) is -0.204. The molecule has 0 aromatic heterocycles. The lowest BCUT2D eigenvalue weighted by Gasteiger charge is -2.08. The van der Waals surface area contributed by atoms with Crippen molar-refractivity contribution in [3.05, 3.63) is 27.9 Å². The molecule has 3 N–H and O–H groups in total. The van der Waals surface area contributed by atoms with Gasteiger partial charge in [0, 0.05) is 0 Å². The number of carbonyl (C=O) groups is 2. The van der Waals surface area contributed by atoms with Crippen LogP contribution in [0.25, 0.3) is 6.08 Å². The molecule has 1 fully saturated rings. The third-order valence-electron chi connectivity index (χ3n) is 2.38. The molecule has 2 rings (SSSR count). The van der Waals surface area contributed by atoms with Gasteiger partial charge in [-0.2, -0.15) is 0 Å². The van der Waals surface area contributed by atoms with E-state index in [1.165, 1.54) is 6.08 Å². The van der Waals surface area contributed by atoms with E-state index in [1.807, 2.05) is 0 Å². The molecule has 1 aliphatic heterocycles. The van der Waals surface area contributed by atoms with Crippen molar-refractivity contribution < 1.29 is 19.4 Å². The number of hydrogen-bond acceptors (Lipinski definition) is 4. The van der Waals surface area contributed by atoms with E-state index in [0.717, 1.165) is 0 Å². The van der Waals surface area contributed by atoms with Crippen LogP contribution in [0.2, 0.25) is 0 Å². The number of ether oxygens (including phenoxy) is 1. The van der Waals surface area contributed by atoms with Gasteiger partial charge in [-0.3, -0.25) is 10.1 Å². The van der Waals surface area contributed by atoms with E-state index >= 15 is 0 Å². The number of imide groups is 1. The van der Waals surface area contributed by atoms with Crippen LogP contribution in [0.1, 0.15) is 12.5 Å². The second-order valence-electron chi connectivity index (χ2n) is 3.75. The molecule has 3 amide bonds. The number of amides is 3. The molecular weight excluding hydrogens is 316 g/mol. The van der Waals surface area contributed by atoms with Crippen LogP contribution in [0, 0.1) is 0 Å². The predicted molar refractivity (Wildman–Crippen MR) is 71.6 cm³/mol. The van der Waals surface area contributed by atoms with E-state index in [2.05, 4.69) is 26.6 Å². The van der Waals surface area contributed by atoms with Crippen molar-refractivity contribution in [1.82, 2.24) is 10.6 Å². The van der Waals surface area contributed by atoms with Gasteiger partial charge in [-0.05, 0) is 46.6 Å². The zero-order chi connectivity index (χ0) is 14.0. The zero-order valence-electron chi connectivity index (χ0n) is 9.99. The maximum atomic E-state index is 11.4. The Morgan fingerprint density at radius 2 is 2.11 bits per heavy atom. The summed E-state index contributed by atoms with van der Waals surface area (Å²) < 4.78 is 5.71. The molecule has 1 aromatic rings. The number of nitrogens with one attached hydrogen (secondary N) is 2. The number of halogens is 1. The smallest absolute Gasteiger partial charge is 0.326 e. The van der Waals surface area contributed by atoms with Crippen LogP contribution in [0.4, 0.5) is 4.79 Å². The number of aromatic hydroxyl groups is 1. The summed E-state index contributed by atoms with van der Waals surface area (Å²) in [5.41, 5.74) is 0.755. The monoisotopic (exact) mass is 326 g/mol. The fourth-order valence-electron chi connectivity index (χ4n) is 1.59. The number of urea groups is 1. The Kier molecular flexibility index (Phi) is 3.75. The maximum Gasteiger partial charge on any atom is 0.326 e. The molecule has 0 atom stereocenters. The van der Waals surface area contributed by atoms with Crippen LogP contribution >= 0.6 is 15.9 Å². The van der Waals surface area contributed by atoms with Crippen molar-refractivity contribution in [1.29, 1.82) is 0 Å². The van der Waals surface area contributed by atoms with Crippen molar-refractivity contribution in [2.45, 2.75) is 6.92 Å². The average molecular weight is 327 g/mol. The van der Waals surface area contributed by atoms with E-state index in [0.29, 0.717) is 22.4 Å². The van der Waals surface area contributed by atoms with Crippen LogP contribution in [-0.4, -0.2) is 23.7 Å². The minimum Gasteiger partial charge on any atom is -0.503 e. The largest absolute Gasteiger partial charge is 0.503 e. The van der Waals surface area contributed by atoms with Gasteiger partial charge in [-0.1, -0.05) is 0 Å². The Bertz CT molecular complexity index is 583. The maximum absolute atomic E-state index is 11.4. The molecule has 100 valence electrons. The van der Waals surface area contributed by atoms with E-state index in [-0.39, 0.29) is 11.4 Å². The number of phenols is 1. The zero-order valence-corrected chi connectivity index (χ0v) is 11.6. The van der Waals surface area contributed by atoms with Gasteiger partial charge in [0.1, 0.15) is 5.70 Å². The number of benzene rings is 1. The lowest BCUT2D eigenvalue weighted by molar-refractivity contribution is -0.115. The molecule has 1 aliphatic rings. The fraction of sp³-hybridized carbons (Fsp3) is 0.167. The molecule has 0 saturated carbocycles. The van der Waals surface area contributed by atoms with Gasteiger partial charge in [0.25, 0.3) is 5.91 Å². The van der Waals surface area contributed by atoms with E-state index in [4.69, 9.17) is 4.74 Å². The van der Waals surface area contributed by atoms with Crippen LogP contribution in [0.3, 0.4) is 0 Å². The minimum atomic E-state index is -0.556. The first kappa shape index (κ1) is 13.4. The summed E-state index contributed by atoms with van der Waals surface area (Å²) in [4.78, 5) is 22.4. The van der Waals surface area contributed by atoms with E-state index < -0.39 is 11.9 Å². The molecule has 6 nitrogen and oxygen atoms in total. The third kappa shape index (κ3) is 2.87. The van der Waals surface area contributed by atoms with Crippen LogP contribution in [0.5, 0.6) is 11.5 Å². The highest BCUT2D eigenvalue weighted by Crippen LogP contribution is 2.36. The summed E-state index contributed by atoms with van der Waals surface area (Å²) >= 11 is 3.20. The van der Waals surface area contributed by atoms with Crippen molar-refractivity contribution in [2.75, 3.05) is 6.61 Å².